The Morgan fingerprint density at radius 3 is 2.50 bits per heavy atom. The van der Waals surface area contributed by atoms with Gasteiger partial charge in [-0.3, -0.25) is 0 Å². The summed E-state index contributed by atoms with van der Waals surface area (Å²) >= 11 is 12.3. The maximum atomic E-state index is 6.28. The summed E-state index contributed by atoms with van der Waals surface area (Å²) in [4.78, 5) is 0. The smallest absolute Gasteiger partial charge is 0.0439 e. The number of rotatable bonds is 6. The summed E-state index contributed by atoms with van der Waals surface area (Å²) < 4.78 is 0. The molecule has 0 heterocycles. The lowest BCUT2D eigenvalue weighted by molar-refractivity contribution is 0.529. The van der Waals surface area contributed by atoms with E-state index in [1.165, 1.54) is 5.56 Å². The molecule has 106 valence electrons. The first-order valence-corrected chi connectivity index (χ1v) is 7.68. The van der Waals surface area contributed by atoms with Crippen molar-refractivity contribution in [1.82, 2.24) is 5.32 Å². The summed E-state index contributed by atoms with van der Waals surface area (Å²) in [5.74, 6) is 0. The minimum absolute atomic E-state index is 0.257. The van der Waals surface area contributed by atoms with Crippen molar-refractivity contribution >= 4 is 23.2 Å². The van der Waals surface area contributed by atoms with Crippen LogP contribution in [0.1, 0.15) is 30.5 Å². The molecule has 0 spiro atoms. The van der Waals surface area contributed by atoms with E-state index in [0.717, 1.165) is 35.0 Å². The van der Waals surface area contributed by atoms with E-state index in [2.05, 4.69) is 36.5 Å². The number of nitrogens with one attached hydrogen (secondary N) is 1. The molecule has 0 saturated carbocycles. The zero-order valence-corrected chi connectivity index (χ0v) is 13.1. The Morgan fingerprint density at radius 1 is 1.05 bits per heavy atom. The number of halogens is 2. The van der Waals surface area contributed by atoms with Crippen LogP contribution < -0.4 is 5.32 Å². The quantitative estimate of drug-likeness (QED) is 0.766. The SMILES string of the molecule is CCCNC(Cc1cc(Cl)ccc1Cl)c1ccccc1. The van der Waals surface area contributed by atoms with Crippen LogP contribution in [0.3, 0.4) is 0 Å². The lowest BCUT2D eigenvalue weighted by atomic mass is 9.98. The summed E-state index contributed by atoms with van der Waals surface area (Å²) in [6.45, 7) is 3.15. The van der Waals surface area contributed by atoms with E-state index < -0.39 is 0 Å². The highest BCUT2D eigenvalue weighted by atomic mass is 35.5. The van der Waals surface area contributed by atoms with Crippen molar-refractivity contribution in [2.45, 2.75) is 25.8 Å². The average Bonchev–Trinajstić information content (AvgIpc) is 2.48. The Bertz CT molecular complexity index is 540. The lowest BCUT2D eigenvalue weighted by Gasteiger charge is -2.20. The fourth-order valence-electron chi connectivity index (χ4n) is 2.23. The zero-order valence-electron chi connectivity index (χ0n) is 11.6. The van der Waals surface area contributed by atoms with Crippen molar-refractivity contribution in [3.05, 3.63) is 69.7 Å². The summed E-state index contributed by atoms with van der Waals surface area (Å²) in [6, 6.07) is 16.3. The van der Waals surface area contributed by atoms with Crippen LogP contribution in [-0.4, -0.2) is 6.54 Å². The van der Waals surface area contributed by atoms with Gasteiger partial charge in [0.15, 0.2) is 0 Å². The van der Waals surface area contributed by atoms with Crippen LogP contribution in [0.25, 0.3) is 0 Å². The van der Waals surface area contributed by atoms with Gasteiger partial charge in [-0.15, -0.1) is 0 Å². The van der Waals surface area contributed by atoms with Gasteiger partial charge in [0, 0.05) is 16.1 Å². The zero-order chi connectivity index (χ0) is 14.4. The van der Waals surface area contributed by atoms with Gasteiger partial charge >= 0.3 is 0 Å². The first-order chi connectivity index (χ1) is 9.70. The third-order valence-electron chi connectivity index (χ3n) is 3.27. The van der Waals surface area contributed by atoms with Gasteiger partial charge in [0.05, 0.1) is 0 Å². The molecule has 3 heteroatoms. The monoisotopic (exact) mass is 307 g/mol. The molecule has 0 aliphatic carbocycles. The number of hydrogen-bond donors (Lipinski definition) is 1. The van der Waals surface area contributed by atoms with Crippen LogP contribution >= 0.6 is 23.2 Å². The average molecular weight is 308 g/mol. The third-order valence-corrected chi connectivity index (χ3v) is 3.88. The molecule has 2 aromatic rings. The largest absolute Gasteiger partial charge is 0.310 e. The minimum atomic E-state index is 0.257. The predicted octanol–water partition coefficient (Wildman–Crippen LogP) is 5.28. The van der Waals surface area contributed by atoms with E-state index >= 15 is 0 Å². The molecular weight excluding hydrogens is 289 g/mol. The van der Waals surface area contributed by atoms with E-state index in [9.17, 15) is 0 Å². The third kappa shape index (κ3) is 4.24. The summed E-state index contributed by atoms with van der Waals surface area (Å²) in [5.41, 5.74) is 2.36. The van der Waals surface area contributed by atoms with Gasteiger partial charge in [0.25, 0.3) is 0 Å². The second-order valence-electron chi connectivity index (χ2n) is 4.86. The van der Waals surface area contributed by atoms with Crippen molar-refractivity contribution in [2.24, 2.45) is 0 Å². The molecule has 0 aliphatic rings. The Hall–Kier alpha value is -1.02. The molecule has 0 saturated heterocycles. The summed E-state index contributed by atoms with van der Waals surface area (Å²) in [7, 11) is 0. The maximum Gasteiger partial charge on any atom is 0.0439 e. The molecule has 1 atom stereocenters. The van der Waals surface area contributed by atoms with Gasteiger partial charge in [-0.25, -0.2) is 0 Å². The topological polar surface area (TPSA) is 12.0 Å². The van der Waals surface area contributed by atoms with E-state index in [0.29, 0.717) is 0 Å². The Balaban J connectivity index is 2.21. The first-order valence-electron chi connectivity index (χ1n) is 6.93. The van der Waals surface area contributed by atoms with E-state index in [1.54, 1.807) is 0 Å². The molecular formula is C17H19Cl2N. The fourth-order valence-corrected chi connectivity index (χ4v) is 2.62. The van der Waals surface area contributed by atoms with Crippen LogP contribution in [0.4, 0.5) is 0 Å². The van der Waals surface area contributed by atoms with Crippen LogP contribution in [0.5, 0.6) is 0 Å². The van der Waals surface area contributed by atoms with Gasteiger partial charge < -0.3 is 5.32 Å². The fraction of sp³-hybridized carbons (Fsp3) is 0.294. The second kappa shape index (κ2) is 7.68. The van der Waals surface area contributed by atoms with Gasteiger partial charge in [-0.05, 0) is 48.7 Å². The van der Waals surface area contributed by atoms with Crippen LogP contribution in [-0.2, 0) is 6.42 Å². The number of benzene rings is 2. The minimum Gasteiger partial charge on any atom is -0.310 e. The van der Waals surface area contributed by atoms with Crippen molar-refractivity contribution in [3.8, 4) is 0 Å². The maximum absolute atomic E-state index is 6.28. The highest BCUT2D eigenvalue weighted by Gasteiger charge is 2.13. The first kappa shape index (κ1) is 15.4. The highest BCUT2D eigenvalue weighted by molar-refractivity contribution is 6.33. The molecule has 0 aliphatic heterocycles. The number of hydrogen-bond acceptors (Lipinski definition) is 1. The van der Waals surface area contributed by atoms with Crippen molar-refractivity contribution in [2.75, 3.05) is 6.54 Å². The summed E-state index contributed by atoms with van der Waals surface area (Å²) in [5, 5.41) is 5.08. The molecule has 20 heavy (non-hydrogen) atoms. The molecule has 0 amide bonds. The Morgan fingerprint density at radius 2 is 1.80 bits per heavy atom. The van der Waals surface area contributed by atoms with Crippen molar-refractivity contribution in [1.29, 1.82) is 0 Å². The van der Waals surface area contributed by atoms with E-state index in [1.807, 2.05) is 24.3 Å². The molecule has 0 aromatic heterocycles. The van der Waals surface area contributed by atoms with Crippen LogP contribution in [0.2, 0.25) is 10.0 Å². The molecule has 1 nitrogen and oxygen atoms in total. The Labute approximate surface area is 130 Å². The van der Waals surface area contributed by atoms with Crippen molar-refractivity contribution < 1.29 is 0 Å². The predicted molar refractivity (Wildman–Crippen MR) is 87.6 cm³/mol. The molecule has 0 fully saturated rings. The van der Waals surface area contributed by atoms with Gasteiger partial charge in [-0.2, -0.15) is 0 Å². The molecule has 2 aromatic carbocycles. The standard InChI is InChI=1S/C17H19Cl2N/c1-2-10-20-17(13-6-4-3-5-7-13)12-14-11-15(18)8-9-16(14)19/h3-9,11,17,20H,2,10,12H2,1H3. The Kier molecular flexibility index (Phi) is 5.90. The molecule has 0 bridgehead atoms. The molecule has 1 unspecified atom stereocenters. The van der Waals surface area contributed by atoms with Gasteiger partial charge in [0.1, 0.15) is 0 Å². The summed E-state index contributed by atoms with van der Waals surface area (Å²) in [6.07, 6.45) is 1.94. The van der Waals surface area contributed by atoms with Crippen LogP contribution in [0, 0.1) is 0 Å². The second-order valence-corrected chi connectivity index (χ2v) is 5.70. The van der Waals surface area contributed by atoms with Crippen LogP contribution in [0.15, 0.2) is 48.5 Å². The molecule has 0 radical (unpaired) electrons. The van der Waals surface area contributed by atoms with Gasteiger partial charge in [0.2, 0.25) is 0 Å². The normalized spacial score (nSPS) is 12.3. The van der Waals surface area contributed by atoms with Crippen molar-refractivity contribution in [3.63, 3.8) is 0 Å². The van der Waals surface area contributed by atoms with E-state index in [4.69, 9.17) is 23.2 Å². The lowest BCUT2D eigenvalue weighted by Crippen LogP contribution is -2.24. The molecule has 1 N–H and O–H groups in total. The van der Waals surface area contributed by atoms with E-state index in [-0.39, 0.29) is 6.04 Å². The van der Waals surface area contributed by atoms with Gasteiger partial charge in [-0.1, -0.05) is 60.5 Å². The highest BCUT2D eigenvalue weighted by Crippen LogP contribution is 2.26. The molecule has 2 rings (SSSR count).